The Labute approximate surface area is 120 Å². The van der Waals surface area contributed by atoms with Crippen molar-refractivity contribution in [2.24, 2.45) is 11.7 Å². The largest absolute Gasteiger partial charge is 0.319 e. The van der Waals surface area contributed by atoms with Gasteiger partial charge in [0.05, 0.1) is 11.2 Å². The molecule has 0 unspecified atom stereocenters. The maximum atomic E-state index is 6.66. The van der Waals surface area contributed by atoms with Gasteiger partial charge in [-0.2, -0.15) is 0 Å². The zero-order chi connectivity index (χ0) is 13.5. The summed E-state index contributed by atoms with van der Waals surface area (Å²) in [6, 6.07) is 0. The predicted molar refractivity (Wildman–Crippen MR) is 80.3 cm³/mol. The van der Waals surface area contributed by atoms with Gasteiger partial charge in [0, 0.05) is 24.4 Å². The van der Waals surface area contributed by atoms with Crippen molar-refractivity contribution in [3.63, 3.8) is 0 Å². The molecule has 1 fully saturated rings. The molecular formula is C15H25N3S. The van der Waals surface area contributed by atoms with Crippen LogP contribution in [-0.2, 0) is 18.5 Å². The van der Waals surface area contributed by atoms with Crippen LogP contribution in [-0.4, -0.2) is 23.0 Å². The van der Waals surface area contributed by atoms with E-state index in [1.807, 2.05) is 11.3 Å². The number of rotatable bonds is 2. The molecular weight excluding hydrogens is 254 g/mol. The quantitative estimate of drug-likeness (QED) is 0.905. The molecule has 2 heterocycles. The molecule has 0 atom stereocenters. The Hall–Kier alpha value is -0.450. The van der Waals surface area contributed by atoms with Crippen LogP contribution in [0, 0.1) is 5.92 Å². The Bertz CT molecular complexity index is 446. The van der Waals surface area contributed by atoms with Gasteiger partial charge in [-0.1, -0.05) is 13.8 Å². The Morgan fingerprint density at radius 3 is 2.84 bits per heavy atom. The fourth-order valence-electron chi connectivity index (χ4n) is 3.22. The van der Waals surface area contributed by atoms with Gasteiger partial charge >= 0.3 is 0 Å². The number of nitrogens with two attached hydrogens (primary N) is 1. The van der Waals surface area contributed by atoms with Gasteiger partial charge in [0.2, 0.25) is 0 Å². The normalized spacial score (nSPS) is 32.3. The minimum Gasteiger partial charge on any atom is -0.319 e. The van der Waals surface area contributed by atoms with E-state index in [0.717, 1.165) is 44.8 Å². The molecule has 106 valence electrons. The van der Waals surface area contributed by atoms with Crippen LogP contribution in [0.25, 0.3) is 0 Å². The van der Waals surface area contributed by atoms with E-state index in [4.69, 9.17) is 10.7 Å². The van der Waals surface area contributed by atoms with Crippen molar-refractivity contribution in [1.29, 1.82) is 0 Å². The molecule has 2 N–H and O–H groups in total. The minimum atomic E-state index is -0.133. The van der Waals surface area contributed by atoms with Gasteiger partial charge in [0.15, 0.2) is 0 Å². The highest BCUT2D eigenvalue weighted by atomic mass is 32.1. The van der Waals surface area contributed by atoms with Crippen LogP contribution in [0.3, 0.4) is 0 Å². The molecule has 2 aliphatic rings. The van der Waals surface area contributed by atoms with E-state index in [-0.39, 0.29) is 5.54 Å². The van der Waals surface area contributed by atoms with E-state index in [9.17, 15) is 0 Å². The summed E-state index contributed by atoms with van der Waals surface area (Å²) in [6.07, 6.45) is 5.83. The van der Waals surface area contributed by atoms with Crippen molar-refractivity contribution in [3.05, 3.63) is 15.6 Å². The second-order valence-corrected chi connectivity index (χ2v) is 7.43. The lowest BCUT2D eigenvalue weighted by atomic mass is 9.78. The molecule has 0 aromatic carbocycles. The van der Waals surface area contributed by atoms with Crippen molar-refractivity contribution in [2.75, 3.05) is 13.1 Å². The van der Waals surface area contributed by atoms with Crippen LogP contribution in [0.1, 0.15) is 55.1 Å². The summed E-state index contributed by atoms with van der Waals surface area (Å²) in [5.74, 6) is 0.835. The van der Waals surface area contributed by atoms with Gasteiger partial charge in [-0.25, -0.2) is 4.98 Å². The third-order valence-electron chi connectivity index (χ3n) is 4.85. The SMILES string of the molecule is CCN1CCc2nc(C3(N)CCC(C)CC3)sc2C1. The molecule has 19 heavy (non-hydrogen) atoms. The number of nitrogens with zero attached hydrogens (tertiary/aromatic N) is 2. The fraction of sp³-hybridized carbons (Fsp3) is 0.800. The summed E-state index contributed by atoms with van der Waals surface area (Å²) in [5, 5.41) is 1.21. The average Bonchev–Trinajstić information content (AvgIpc) is 2.86. The third-order valence-corrected chi connectivity index (χ3v) is 6.15. The van der Waals surface area contributed by atoms with Crippen LogP contribution in [0.4, 0.5) is 0 Å². The fourth-order valence-corrected chi connectivity index (χ4v) is 4.53. The predicted octanol–water partition coefficient (Wildman–Crippen LogP) is 2.89. The van der Waals surface area contributed by atoms with Crippen LogP contribution in [0.2, 0.25) is 0 Å². The van der Waals surface area contributed by atoms with Crippen molar-refractivity contribution in [1.82, 2.24) is 9.88 Å². The van der Waals surface area contributed by atoms with E-state index in [2.05, 4.69) is 18.7 Å². The van der Waals surface area contributed by atoms with E-state index in [1.54, 1.807) is 0 Å². The Morgan fingerprint density at radius 1 is 1.42 bits per heavy atom. The summed E-state index contributed by atoms with van der Waals surface area (Å²) < 4.78 is 0. The van der Waals surface area contributed by atoms with Crippen molar-refractivity contribution in [2.45, 2.75) is 58.0 Å². The zero-order valence-electron chi connectivity index (χ0n) is 12.1. The van der Waals surface area contributed by atoms with E-state index < -0.39 is 0 Å². The molecule has 4 heteroatoms. The Kier molecular flexibility index (Phi) is 3.67. The van der Waals surface area contributed by atoms with Gasteiger partial charge < -0.3 is 5.73 Å². The monoisotopic (exact) mass is 279 g/mol. The van der Waals surface area contributed by atoms with Crippen molar-refractivity contribution in [3.8, 4) is 0 Å². The molecule has 1 saturated carbocycles. The Balaban J connectivity index is 1.81. The van der Waals surface area contributed by atoms with E-state index in [0.29, 0.717) is 0 Å². The standard InChI is InChI=1S/C15H25N3S/c1-3-18-9-6-12-13(10-18)19-14(17-12)15(16)7-4-11(2)5-8-15/h11H,3-10,16H2,1-2H3. The minimum absolute atomic E-state index is 0.133. The zero-order valence-corrected chi connectivity index (χ0v) is 12.9. The highest BCUT2D eigenvalue weighted by molar-refractivity contribution is 7.11. The van der Waals surface area contributed by atoms with Gasteiger partial charge in [-0.3, -0.25) is 4.90 Å². The average molecular weight is 279 g/mol. The summed E-state index contributed by atoms with van der Waals surface area (Å²) >= 11 is 1.88. The van der Waals surface area contributed by atoms with Crippen molar-refractivity contribution >= 4 is 11.3 Å². The molecule has 1 aliphatic heterocycles. The van der Waals surface area contributed by atoms with Gasteiger partial charge in [-0.05, 0) is 38.1 Å². The molecule has 0 bridgehead atoms. The molecule has 1 aromatic heterocycles. The highest BCUT2D eigenvalue weighted by Gasteiger charge is 2.36. The number of hydrogen-bond acceptors (Lipinski definition) is 4. The van der Waals surface area contributed by atoms with Crippen LogP contribution in [0.5, 0.6) is 0 Å². The number of thiazole rings is 1. The smallest absolute Gasteiger partial charge is 0.113 e. The van der Waals surface area contributed by atoms with E-state index in [1.165, 1.54) is 28.4 Å². The van der Waals surface area contributed by atoms with Gasteiger partial charge in [0.1, 0.15) is 5.01 Å². The number of fused-ring (bicyclic) bond motifs is 1. The summed E-state index contributed by atoms with van der Waals surface area (Å²) in [5.41, 5.74) is 7.85. The Morgan fingerprint density at radius 2 is 2.16 bits per heavy atom. The number of likely N-dealkylation sites (N-methyl/N-ethyl adjacent to an activating group) is 1. The summed E-state index contributed by atoms with van der Waals surface area (Å²) in [4.78, 5) is 8.87. The lowest BCUT2D eigenvalue weighted by molar-refractivity contribution is 0.246. The lowest BCUT2D eigenvalue weighted by Gasteiger charge is -2.34. The molecule has 0 radical (unpaired) electrons. The first-order chi connectivity index (χ1) is 9.10. The molecule has 0 saturated heterocycles. The highest BCUT2D eigenvalue weighted by Crippen LogP contribution is 2.40. The molecule has 1 aromatic rings. The van der Waals surface area contributed by atoms with Crippen LogP contribution < -0.4 is 5.73 Å². The first-order valence-corrected chi connectivity index (χ1v) is 8.42. The molecule has 0 spiro atoms. The molecule has 0 amide bonds. The number of aromatic nitrogens is 1. The van der Waals surface area contributed by atoms with Crippen LogP contribution >= 0.6 is 11.3 Å². The maximum Gasteiger partial charge on any atom is 0.113 e. The first-order valence-electron chi connectivity index (χ1n) is 7.61. The van der Waals surface area contributed by atoms with Crippen LogP contribution in [0.15, 0.2) is 0 Å². The molecule has 1 aliphatic carbocycles. The topological polar surface area (TPSA) is 42.2 Å². The van der Waals surface area contributed by atoms with Gasteiger partial charge in [-0.15, -0.1) is 11.3 Å². The second kappa shape index (κ2) is 5.15. The van der Waals surface area contributed by atoms with E-state index >= 15 is 0 Å². The number of hydrogen-bond donors (Lipinski definition) is 1. The summed E-state index contributed by atoms with van der Waals surface area (Å²) in [6.45, 7) is 7.95. The molecule has 3 rings (SSSR count). The second-order valence-electron chi connectivity index (χ2n) is 6.35. The first kappa shape index (κ1) is 13.5. The lowest BCUT2D eigenvalue weighted by Crippen LogP contribution is -2.40. The van der Waals surface area contributed by atoms with Crippen molar-refractivity contribution < 1.29 is 0 Å². The maximum absolute atomic E-state index is 6.66. The molecule has 3 nitrogen and oxygen atoms in total. The summed E-state index contributed by atoms with van der Waals surface area (Å²) in [7, 11) is 0. The third kappa shape index (κ3) is 2.58. The van der Waals surface area contributed by atoms with Gasteiger partial charge in [0.25, 0.3) is 0 Å².